The quantitative estimate of drug-likeness (QED) is 0.149. The molecular weight excluding hydrogens is 1100 g/mol. The van der Waals surface area contributed by atoms with Crippen molar-refractivity contribution in [3.63, 3.8) is 0 Å². The lowest BCUT2D eigenvalue weighted by atomic mass is 9.34. The van der Waals surface area contributed by atoms with Crippen molar-refractivity contribution in [2.24, 2.45) is 0 Å². The van der Waals surface area contributed by atoms with Gasteiger partial charge in [-0.2, -0.15) is 0 Å². The maximum absolute atomic E-state index is 5.89. The van der Waals surface area contributed by atoms with Gasteiger partial charge in [-0.3, -0.25) is 0 Å². The van der Waals surface area contributed by atoms with Gasteiger partial charge in [0.2, 0.25) is 0 Å². The largest absolute Gasteiger partial charge is 0.310 e. The maximum atomic E-state index is 5.89. The predicted molar refractivity (Wildman–Crippen MR) is 388 cm³/mol. The molecule has 442 valence electrons. The summed E-state index contributed by atoms with van der Waals surface area (Å²) in [7, 11) is 0. The molecule has 0 amide bonds. The molecule has 2 aliphatic heterocycles. The lowest BCUT2D eigenvalue weighted by Crippen LogP contribution is -2.59. The third-order valence-corrected chi connectivity index (χ3v) is 19.6. The lowest BCUT2D eigenvalue weighted by Gasteiger charge is -2.34. The van der Waals surface area contributed by atoms with E-state index in [1.165, 1.54) is 116 Å². The van der Waals surface area contributed by atoms with Gasteiger partial charge >= 0.3 is 0 Å². The fourth-order valence-corrected chi connectivity index (χ4v) is 14.6. The van der Waals surface area contributed by atoms with Crippen molar-refractivity contribution in [1.29, 1.82) is 0 Å². The van der Waals surface area contributed by atoms with Crippen molar-refractivity contribution < 1.29 is 0 Å². The molecule has 2 aliphatic rings. The first-order chi connectivity index (χ1) is 43.6. The Morgan fingerprint density at radius 1 is 0.275 bits per heavy atom. The summed E-state index contributed by atoms with van der Waals surface area (Å²) in [6.07, 6.45) is 0. The molecule has 16 rings (SSSR count). The molecule has 0 unspecified atom stereocenters. The second-order valence-electron chi connectivity index (χ2n) is 29.9. The normalized spacial score (nSPS) is 13.0. The molecule has 0 radical (unpaired) electrons. The van der Waals surface area contributed by atoms with Gasteiger partial charge in [-0.15, -0.1) is 0 Å². The van der Waals surface area contributed by atoms with Crippen LogP contribution in [0.1, 0.15) is 105 Å². The minimum absolute atomic E-state index is 0.106. The van der Waals surface area contributed by atoms with Gasteiger partial charge in [0.1, 0.15) is 0 Å². The van der Waals surface area contributed by atoms with E-state index in [0.29, 0.717) is 5.82 Å². The number of fused-ring (bicyclic) bond motifs is 10. The van der Waals surface area contributed by atoms with E-state index in [1.807, 2.05) is 0 Å². The van der Waals surface area contributed by atoms with E-state index in [9.17, 15) is 0 Å². The fourth-order valence-electron chi connectivity index (χ4n) is 14.6. The highest BCUT2D eigenvalue weighted by molar-refractivity contribution is 7.00. The molecular formula is C86H75BN4. The molecule has 14 aromatic rings. The zero-order valence-corrected chi connectivity index (χ0v) is 54.4. The van der Waals surface area contributed by atoms with Crippen LogP contribution < -0.4 is 16.4 Å². The van der Waals surface area contributed by atoms with E-state index in [1.54, 1.807) is 0 Å². The minimum atomic E-state index is -0.151. The molecule has 4 nitrogen and oxygen atoms in total. The summed E-state index contributed by atoms with van der Waals surface area (Å²) in [4.78, 5) is 11.8. The summed E-state index contributed by atoms with van der Waals surface area (Å²) in [5, 5.41) is 4.91. The smallest absolute Gasteiger partial charge is 0.252 e. The molecule has 0 fully saturated rings. The van der Waals surface area contributed by atoms with Crippen LogP contribution in [0.4, 0.5) is 0 Å². The summed E-state index contributed by atoms with van der Waals surface area (Å²) in [5.74, 6) is 0.689. The predicted octanol–water partition coefficient (Wildman–Crippen LogP) is 20.7. The molecule has 0 aliphatic carbocycles. The Kier molecular flexibility index (Phi) is 12.6. The summed E-state index contributed by atoms with van der Waals surface area (Å²) in [6, 6.07) is 89.5. The van der Waals surface area contributed by atoms with Crippen LogP contribution in [-0.2, 0) is 21.7 Å². The minimum Gasteiger partial charge on any atom is -0.310 e. The molecule has 0 spiro atoms. The van der Waals surface area contributed by atoms with Crippen LogP contribution in [0.5, 0.6) is 0 Å². The standard InChI is InChI=1S/C86H75BN4/c1-83(2,3)63-37-60(38-64(49-63)84(4,5)6)73-51-74(61-39-65(85(7,8)9)50-66(40-61)86(10,11)12)89-82(88-73)62-47-77-79-78(48-62)91-76-36-34-57(53-27-19-14-20-28-53)42-68(76)70-44-59(55-31-23-16-24-32-55)46-72(81(70)91)87(79)71-45-58(54-29-21-15-22-30-54)43-69-67-41-56(52-25-17-13-18-26-52)33-35-75(67)90(77)80(69)71/h13-51H,1-12H3. The Labute approximate surface area is 536 Å². The molecule has 91 heavy (non-hydrogen) atoms. The molecule has 3 aromatic heterocycles. The molecule has 0 bridgehead atoms. The average molecular weight is 1180 g/mol. The summed E-state index contributed by atoms with van der Waals surface area (Å²) in [5.41, 5.74) is 30.2. The van der Waals surface area contributed by atoms with Crippen molar-refractivity contribution in [2.45, 2.75) is 105 Å². The van der Waals surface area contributed by atoms with Crippen molar-refractivity contribution in [2.75, 3.05) is 0 Å². The van der Waals surface area contributed by atoms with Crippen LogP contribution in [0.15, 0.2) is 237 Å². The van der Waals surface area contributed by atoms with Crippen LogP contribution in [0.2, 0.25) is 0 Å². The van der Waals surface area contributed by atoms with E-state index >= 15 is 0 Å². The van der Waals surface area contributed by atoms with E-state index in [-0.39, 0.29) is 28.4 Å². The first kappa shape index (κ1) is 56.4. The number of nitrogens with zero attached hydrogens (tertiary/aromatic N) is 4. The zero-order chi connectivity index (χ0) is 62.6. The molecule has 5 heteroatoms. The van der Waals surface area contributed by atoms with E-state index in [2.05, 4.69) is 329 Å². The van der Waals surface area contributed by atoms with Gasteiger partial charge in [-0.05, 0) is 184 Å². The molecule has 0 saturated carbocycles. The van der Waals surface area contributed by atoms with Gasteiger partial charge in [0, 0.05) is 60.6 Å². The molecule has 0 saturated heterocycles. The molecule has 5 heterocycles. The number of benzene rings is 11. The lowest BCUT2D eigenvalue weighted by molar-refractivity contribution is 0.568. The summed E-state index contributed by atoms with van der Waals surface area (Å²) >= 11 is 0. The first-order valence-electron chi connectivity index (χ1n) is 32.5. The van der Waals surface area contributed by atoms with E-state index in [4.69, 9.17) is 9.97 Å². The van der Waals surface area contributed by atoms with Gasteiger partial charge in [0.05, 0.1) is 22.4 Å². The summed E-state index contributed by atoms with van der Waals surface area (Å²) in [6.45, 7) is 27.7. The van der Waals surface area contributed by atoms with Crippen LogP contribution in [0.25, 0.3) is 133 Å². The van der Waals surface area contributed by atoms with Crippen molar-refractivity contribution >= 4 is 66.7 Å². The van der Waals surface area contributed by atoms with Crippen LogP contribution >= 0.6 is 0 Å². The van der Waals surface area contributed by atoms with E-state index in [0.717, 1.165) is 50.5 Å². The van der Waals surface area contributed by atoms with Crippen LogP contribution in [0.3, 0.4) is 0 Å². The Morgan fingerprint density at radius 2 is 0.604 bits per heavy atom. The van der Waals surface area contributed by atoms with Crippen molar-refractivity contribution in [3.05, 3.63) is 259 Å². The van der Waals surface area contributed by atoms with Gasteiger partial charge in [0.25, 0.3) is 6.71 Å². The average Bonchev–Trinajstić information content (AvgIpc) is 1.57. The Balaban J connectivity index is 1.07. The third kappa shape index (κ3) is 9.41. The second-order valence-corrected chi connectivity index (χ2v) is 29.9. The topological polar surface area (TPSA) is 35.6 Å². The number of aromatic nitrogens is 4. The number of hydrogen-bond acceptors (Lipinski definition) is 2. The Morgan fingerprint density at radius 3 is 0.945 bits per heavy atom. The van der Waals surface area contributed by atoms with Gasteiger partial charge in [0.15, 0.2) is 5.82 Å². The van der Waals surface area contributed by atoms with Crippen LogP contribution in [0, 0.1) is 0 Å². The SMILES string of the molecule is CC(C)(C)c1cc(-c2cc(-c3cc(C(C)(C)C)cc(C(C)(C)C)c3)nc(-c3cc4c5c(c3)-n3c6ccc(-c7ccccc7)cc6c6cc(-c7ccccc7)cc(c63)B5c3cc(-c5ccccc5)cc5c6cc(-c7ccccc7)ccc6n-4c35)n2)cc(C(C)(C)C)c1. The van der Waals surface area contributed by atoms with Crippen molar-refractivity contribution in [3.8, 4) is 89.8 Å². The highest BCUT2D eigenvalue weighted by Crippen LogP contribution is 2.46. The highest BCUT2D eigenvalue weighted by atomic mass is 15.0. The zero-order valence-electron chi connectivity index (χ0n) is 54.4. The van der Waals surface area contributed by atoms with E-state index < -0.39 is 0 Å². The maximum Gasteiger partial charge on any atom is 0.252 e. The first-order valence-corrected chi connectivity index (χ1v) is 32.5. The molecule has 0 atom stereocenters. The molecule has 0 N–H and O–H groups in total. The van der Waals surface area contributed by atoms with Gasteiger partial charge in [-0.25, -0.2) is 9.97 Å². The van der Waals surface area contributed by atoms with Gasteiger partial charge in [-0.1, -0.05) is 241 Å². The summed E-state index contributed by atoms with van der Waals surface area (Å²) < 4.78 is 5.22. The number of hydrogen-bond donors (Lipinski definition) is 0. The van der Waals surface area contributed by atoms with Crippen LogP contribution in [-0.4, -0.2) is 25.8 Å². The number of rotatable bonds is 7. The molecule has 11 aromatic carbocycles. The Hall–Kier alpha value is -9.84. The highest BCUT2D eigenvalue weighted by Gasteiger charge is 2.42. The third-order valence-electron chi connectivity index (χ3n) is 19.6. The monoisotopic (exact) mass is 1170 g/mol. The van der Waals surface area contributed by atoms with Gasteiger partial charge < -0.3 is 9.13 Å². The second kappa shape index (κ2) is 20.3. The van der Waals surface area contributed by atoms with Crippen molar-refractivity contribution in [1.82, 2.24) is 19.1 Å². The Bertz CT molecular complexity index is 4900. The fraction of sp³-hybridized carbons (Fsp3) is 0.186.